The maximum atomic E-state index is 14.3. The van der Waals surface area contributed by atoms with Crippen LogP contribution in [0.5, 0.6) is 0 Å². The van der Waals surface area contributed by atoms with Crippen molar-refractivity contribution in [3.05, 3.63) is 53.6 Å². The molecule has 2 aromatic rings. The molecule has 1 aromatic carbocycles. The lowest BCUT2D eigenvalue weighted by atomic mass is 9.87. The second-order valence-electron chi connectivity index (χ2n) is 6.48. The number of rotatable bonds is 4. The number of carbonyl (C=O) groups excluding carboxylic acids is 1. The Bertz CT molecular complexity index is 702. The molecule has 0 saturated heterocycles. The molecule has 0 atom stereocenters. The van der Waals surface area contributed by atoms with Gasteiger partial charge in [0.15, 0.2) is 0 Å². The van der Waals surface area contributed by atoms with E-state index in [1.165, 1.54) is 6.07 Å². The second kappa shape index (κ2) is 6.14. The van der Waals surface area contributed by atoms with Crippen molar-refractivity contribution in [2.75, 3.05) is 0 Å². The van der Waals surface area contributed by atoms with Gasteiger partial charge in [0.2, 0.25) is 0 Å². The van der Waals surface area contributed by atoms with Crippen molar-refractivity contribution in [3.8, 4) is 0 Å². The van der Waals surface area contributed by atoms with Crippen molar-refractivity contribution in [2.24, 2.45) is 0 Å². The van der Waals surface area contributed by atoms with Crippen LogP contribution in [0.1, 0.15) is 61.6 Å². The normalized spacial score (nSPS) is 16.7. The van der Waals surface area contributed by atoms with Crippen molar-refractivity contribution in [3.63, 3.8) is 0 Å². The van der Waals surface area contributed by atoms with Crippen LogP contribution >= 0.6 is 0 Å². The van der Waals surface area contributed by atoms with Gasteiger partial charge in [-0.3, -0.25) is 9.48 Å². The fraction of sp³-hybridized carbons (Fsp3) is 0.444. The molecule has 1 saturated carbocycles. The molecule has 122 valence electrons. The van der Waals surface area contributed by atoms with E-state index < -0.39 is 5.54 Å². The first-order valence-corrected chi connectivity index (χ1v) is 8.14. The average Bonchev–Trinajstić information content (AvgIpc) is 3.17. The Balaban J connectivity index is 1.93. The van der Waals surface area contributed by atoms with Gasteiger partial charge in [0.05, 0.1) is 5.54 Å². The van der Waals surface area contributed by atoms with Crippen LogP contribution in [-0.4, -0.2) is 15.7 Å². The lowest BCUT2D eigenvalue weighted by molar-refractivity contribution is 0.0883. The number of carbonyl (C=O) groups is 1. The molecule has 1 aliphatic carbocycles. The Hall–Kier alpha value is -2.17. The van der Waals surface area contributed by atoms with Gasteiger partial charge in [0.25, 0.3) is 5.91 Å². The van der Waals surface area contributed by atoms with Crippen molar-refractivity contribution >= 4 is 5.91 Å². The summed E-state index contributed by atoms with van der Waals surface area (Å²) in [5, 5.41) is 7.31. The molecule has 0 spiro atoms. The number of aromatic nitrogens is 2. The standard InChI is InChI=1S/C18H22FN3O/c1-13(2)22-16(9-12-20-22)17(23)21-18(10-5-6-11-18)14-7-3-4-8-15(14)19/h3-4,7-9,12-13H,5-6,10-11H2,1-2H3,(H,21,23). The molecule has 1 fully saturated rings. The number of amides is 1. The summed E-state index contributed by atoms with van der Waals surface area (Å²) in [5.74, 6) is -0.451. The highest BCUT2D eigenvalue weighted by Crippen LogP contribution is 2.40. The zero-order valence-electron chi connectivity index (χ0n) is 13.6. The van der Waals surface area contributed by atoms with Gasteiger partial charge in [-0.05, 0) is 38.8 Å². The molecule has 1 amide bonds. The molecule has 3 rings (SSSR count). The lowest BCUT2D eigenvalue weighted by Crippen LogP contribution is -2.45. The van der Waals surface area contributed by atoms with Gasteiger partial charge in [-0.1, -0.05) is 31.0 Å². The zero-order valence-corrected chi connectivity index (χ0v) is 13.6. The first kappa shape index (κ1) is 15.7. The molecule has 1 aliphatic rings. The minimum absolute atomic E-state index is 0.0961. The fourth-order valence-corrected chi connectivity index (χ4v) is 3.48. The van der Waals surface area contributed by atoms with Crippen LogP contribution in [0.15, 0.2) is 36.5 Å². The van der Waals surface area contributed by atoms with Crippen molar-refractivity contribution < 1.29 is 9.18 Å². The minimum Gasteiger partial charge on any atom is -0.341 e. The first-order chi connectivity index (χ1) is 11.0. The zero-order chi connectivity index (χ0) is 16.4. The maximum absolute atomic E-state index is 14.3. The van der Waals surface area contributed by atoms with Gasteiger partial charge in [-0.2, -0.15) is 5.10 Å². The molecule has 4 nitrogen and oxygen atoms in total. The predicted octanol–water partition coefficient (Wildman–Crippen LogP) is 3.80. The van der Waals surface area contributed by atoms with Gasteiger partial charge in [0, 0.05) is 17.8 Å². The molecule has 0 radical (unpaired) electrons. The highest BCUT2D eigenvalue weighted by atomic mass is 19.1. The van der Waals surface area contributed by atoms with E-state index in [1.807, 2.05) is 19.9 Å². The minimum atomic E-state index is -0.617. The van der Waals surface area contributed by atoms with E-state index in [0.29, 0.717) is 11.3 Å². The Kier molecular flexibility index (Phi) is 4.20. The number of nitrogens with zero attached hydrogens (tertiary/aromatic N) is 2. The molecular formula is C18H22FN3O. The van der Waals surface area contributed by atoms with Gasteiger partial charge in [-0.15, -0.1) is 0 Å². The van der Waals surface area contributed by atoms with Crippen LogP contribution in [0.2, 0.25) is 0 Å². The van der Waals surface area contributed by atoms with E-state index in [1.54, 1.807) is 29.1 Å². The Labute approximate surface area is 135 Å². The summed E-state index contributed by atoms with van der Waals surface area (Å²) in [6, 6.07) is 8.54. The van der Waals surface area contributed by atoms with E-state index in [2.05, 4.69) is 10.4 Å². The van der Waals surface area contributed by atoms with Crippen LogP contribution < -0.4 is 5.32 Å². The van der Waals surface area contributed by atoms with E-state index in [9.17, 15) is 9.18 Å². The van der Waals surface area contributed by atoms with Crippen molar-refractivity contribution in [1.29, 1.82) is 0 Å². The van der Waals surface area contributed by atoms with Crippen molar-refractivity contribution in [1.82, 2.24) is 15.1 Å². The highest BCUT2D eigenvalue weighted by molar-refractivity contribution is 5.93. The Morgan fingerprint density at radius 3 is 2.61 bits per heavy atom. The summed E-state index contributed by atoms with van der Waals surface area (Å²) in [5.41, 5.74) is 0.484. The molecule has 1 heterocycles. The SMILES string of the molecule is CC(C)n1nccc1C(=O)NC1(c2ccccc2F)CCCC1. The van der Waals surface area contributed by atoms with Gasteiger partial charge in [0.1, 0.15) is 11.5 Å². The second-order valence-corrected chi connectivity index (χ2v) is 6.48. The molecule has 5 heteroatoms. The monoisotopic (exact) mass is 315 g/mol. The largest absolute Gasteiger partial charge is 0.341 e. The summed E-state index contributed by atoms with van der Waals surface area (Å²) < 4.78 is 16.0. The topological polar surface area (TPSA) is 46.9 Å². The van der Waals surface area contributed by atoms with E-state index in [0.717, 1.165) is 25.7 Å². The summed E-state index contributed by atoms with van der Waals surface area (Å²) in [7, 11) is 0. The van der Waals surface area contributed by atoms with Gasteiger partial charge in [-0.25, -0.2) is 4.39 Å². The molecule has 0 unspecified atom stereocenters. The van der Waals surface area contributed by atoms with Crippen LogP contribution in [-0.2, 0) is 5.54 Å². The van der Waals surface area contributed by atoms with Crippen molar-refractivity contribution in [2.45, 2.75) is 51.1 Å². The summed E-state index contributed by atoms with van der Waals surface area (Å²) in [6.45, 7) is 3.96. The number of hydrogen-bond donors (Lipinski definition) is 1. The van der Waals surface area contributed by atoms with E-state index in [4.69, 9.17) is 0 Å². The molecule has 0 aliphatic heterocycles. The summed E-state index contributed by atoms with van der Waals surface area (Å²) >= 11 is 0. The molecule has 0 bridgehead atoms. The smallest absolute Gasteiger partial charge is 0.270 e. The maximum Gasteiger partial charge on any atom is 0.270 e. The predicted molar refractivity (Wildman–Crippen MR) is 86.6 cm³/mol. The highest BCUT2D eigenvalue weighted by Gasteiger charge is 2.39. The quantitative estimate of drug-likeness (QED) is 0.933. The third-order valence-corrected chi connectivity index (χ3v) is 4.59. The van der Waals surface area contributed by atoms with E-state index >= 15 is 0 Å². The number of nitrogens with one attached hydrogen (secondary N) is 1. The summed E-state index contributed by atoms with van der Waals surface area (Å²) in [4.78, 5) is 12.8. The third kappa shape index (κ3) is 2.87. The molecule has 23 heavy (non-hydrogen) atoms. The fourth-order valence-electron chi connectivity index (χ4n) is 3.48. The Morgan fingerprint density at radius 1 is 1.26 bits per heavy atom. The Morgan fingerprint density at radius 2 is 1.96 bits per heavy atom. The molecule has 1 N–H and O–H groups in total. The number of benzene rings is 1. The average molecular weight is 315 g/mol. The first-order valence-electron chi connectivity index (χ1n) is 8.14. The van der Waals surface area contributed by atoms with Gasteiger partial charge < -0.3 is 5.32 Å². The summed E-state index contributed by atoms with van der Waals surface area (Å²) in [6.07, 6.45) is 5.11. The lowest BCUT2D eigenvalue weighted by Gasteiger charge is -2.31. The van der Waals surface area contributed by atoms with Crippen LogP contribution in [0.3, 0.4) is 0 Å². The van der Waals surface area contributed by atoms with E-state index in [-0.39, 0.29) is 17.8 Å². The van der Waals surface area contributed by atoms with Gasteiger partial charge >= 0.3 is 0 Å². The molecule has 1 aromatic heterocycles. The molecular weight excluding hydrogens is 293 g/mol. The number of halogens is 1. The van der Waals surface area contributed by atoms with Crippen LogP contribution in [0.4, 0.5) is 4.39 Å². The van der Waals surface area contributed by atoms with Crippen LogP contribution in [0.25, 0.3) is 0 Å². The third-order valence-electron chi connectivity index (χ3n) is 4.59. The number of hydrogen-bond acceptors (Lipinski definition) is 2. The van der Waals surface area contributed by atoms with Crippen LogP contribution in [0, 0.1) is 5.82 Å².